The van der Waals surface area contributed by atoms with Gasteiger partial charge in [0.2, 0.25) is 5.91 Å². The highest BCUT2D eigenvalue weighted by molar-refractivity contribution is 6.06. The van der Waals surface area contributed by atoms with Crippen molar-refractivity contribution in [2.75, 3.05) is 26.2 Å². The van der Waals surface area contributed by atoms with Crippen LogP contribution in [0.15, 0.2) is 78.9 Å². The number of hydrogen-bond acceptors (Lipinski definition) is 5. The number of imidazole rings is 1. The van der Waals surface area contributed by atoms with E-state index in [1.807, 2.05) is 28.8 Å². The molecule has 7 heteroatoms. The highest BCUT2D eigenvalue weighted by Crippen LogP contribution is 2.33. The van der Waals surface area contributed by atoms with Crippen LogP contribution in [-0.4, -0.2) is 57.3 Å². The van der Waals surface area contributed by atoms with E-state index < -0.39 is 5.91 Å². The lowest BCUT2D eigenvalue weighted by Crippen LogP contribution is -2.38. The molecule has 4 aromatic rings. The molecule has 0 radical (unpaired) electrons. The fourth-order valence-electron chi connectivity index (χ4n) is 6.37. The Morgan fingerprint density at radius 1 is 0.725 bits per heavy atom. The number of carbonyl (C=O) groups excluding carboxylic acids is 2. The molecule has 3 aromatic carbocycles. The molecule has 0 saturated carbocycles. The van der Waals surface area contributed by atoms with E-state index in [-0.39, 0.29) is 17.7 Å². The topological polar surface area (TPSA) is 84.5 Å². The highest BCUT2D eigenvalue weighted by atomic mass is 16.2. The number of para-hydroxylation sites is 1. The van der Waals surface area contributed by atoms with Crippen LogP contribution in [0.25, 0.3) is 11.0 Å². The predicted molar refractivity (Wildman–Crippen MR) is 157 cm³/mol. The van der Waals surface area contributed by atoms with Crippen LogP contribution in [0, 0.1) is 5.92 Å². The van der Waals surface area contributed by atoms with E-state index in [0.29, 0.717) is 16.6 Å². The minimum absolute atomic E-state index is 0.0708. The Bertz CT molecular complexity index is 1470. The second-order valence-electron chi connectivity index (χ2n) is 11.3. The molecule has 2 aliphatic heterocycles. The molecule has 2 aliphatic rings. The van der Waals surface area contributed by atoms with Crippen molar-refractivity contribution in [1.82, 2.24) is 19.4 Å². The van der Waals surface area contributed by atoms with E-state index in [4.69, 9.17) is 10.7 Å². The molecule has 7 nitrogen and oxygen atoms in total. The first-order valence-electron chi connectivity index (χ1n) is 14.4. The standard InChI is InChI=1S/C33H37N5O2/c34-31(39)28-12-7-13-29-30(28)35-32(26-14-18-36(19-15-26)22-24-8-3-1-4-9-24)38(29)33(40)27-16-20-37(21-17-27)23-25-10-5-2-6-11-25/h1-13,26-27H,14-23H2,(H2,34,39). The van der Waals surface area contributed by atoms with Crippen LogP contribution >= 0.6 is 0 Å². The van der Waals surface area contributed by atoms with Gasteiger partial charge in [0, 0.05) is 24.9 Å². The van der Waals surface area contributed by atoms with Gasteiger partial charge in [0.25, 0.3) is 5.91 Å². The predicted octanol–water partition coefficient (Wildman–Crippen LogP) is 5.07. The Morgan fingerprint density at radius 2 is 1.27 bits per heavy atom. The molecule has 206 valence electrons. The van der Waals surface area contributed by atoms with Gasteiger partial charge in [-0.15, -0.1) is 0 Å². The molecule has 1 amide bonds. The van der Waals surface area contributed by atoms with Crippen LogP contribution in [0.1, 0.15) is 63.7 Å². The molecule has 6 rings (SSSR count). The first-order valence-corrected chi connectivity index (χ1v) is 14.4. The number of aromatic nitrogens is 2. The van der Waals surface area contributed by atoms with Gasteiger partial charge in [-0.25, -0.2) is 4.98 Å². The summed E-state index contributed by atoms with van der Waals surface area (Å²) in [6.45, 7) is 5.49. The van der Waals surface area contributed by atoms with E-state index in [1.165, 1.54) is 11.1 Å². The van der Waals surface area contributed by atoms with E-state index in [1.54, 1.807) is 6.07 Å². The third kappa shape index (κ3) is 5.58. The number of nitrogens with two attached hydrogens (primary N) is 1. The normalized spacial score (nSPS) is 17.8. The maximum Gasteiger partial charge on any atom is 0.250 e. The molecule has 0 spiro atoms. The minimum Gasteiger partial charge on any atom is -0.366 e. The van der Waals surface area contributed by atoms with Gasteiger partial charge in [0.1, 0.15) is 11.3 Å². The number of piperidine rings is 2. The lowest BCUT2D eigenvalue weighted by Gasteiger charge is -2.33. The molecule has 40 heavy (non-hydrogen) atoms. The summed E-state index contributed by atoms with van der Waals surface area (Å²) < 4.78 is 1.84. The molecule has 0 atom stereocenters. The monoisotopic (exact) mass is 535 g/mol. The minimum atomic E-state index is -0.513. The Kier molecular flexibility index (Phi) is 7.75. The molecule has 2 N–H and O–H groups in total. The molecular weight excluding hydrogens is 498 g/mol. The second-order valence-corrected chi connectivity index (χ2v) is 11.3. The molecule has 2 fully saturated rings. The SMILES string of the molecule is NC(=O)c1cccc2c1nc(C1CCN(Cc3ccccc3)CC1)n2C(=O)C1CCN(Cc2ccccc2)CC1. The van der Waals surface area contributed by atoms with Gasteiger partial charge < -0.3 is 5.73 Å². The Hall–Kier alpha value is -3.81. The molecule has 0 aliphatic carbocycles. The largest absolute Gasteiger partial charge is 0.366 e. The zero-order valence-electron chi connectivity index (χ0n) is 22.9. The van der Waals surface area contributed by atoms with Crippen molar-refractivity contribution in [3.63, 3.8) is 0 Å². The van der Waals surface area contributed by atoms with Crippen LogP contribution in [0.5, 0.6) is 0 Å². The fraction of sp³-hybridized carbons (Fsp3) is 0.364. The zero-order chi connectivity index (χ0) is 27.5. The van der Waals surface area contributed by atoms with Crippen LogP contribution < -0.4 is 5.73 Å². The number of amides is 1. The van der Waals surface area contributed by atoms with Crippen molar-refractivity contribution in [2.45, 2.75) is 44.7 Å². The fourth-order valence-corrected chi connectivity index (χ4v) is 6.37. The van der Waals surface area contributed by atoms with Gasteiger partial charge in [0.05, 0.1) is 11.1 Å². The lowest BCUT2D eigenvalue weighted by atomic mass is 9.93. The van der Waals surface area contributed by atoms with Crippen molar-refractivity contribution >= 4 is 22.8 Å². The molecule has 0 unspecified atom stereocenters. The first kappa shape index (κ1) is 26.4. The van der Waals surface area contributed by atoms with Gasteiger partial charge in [-0.1, -0.05) is 66.7 Å². The summed E-state index contributed by atoms with van der Waals surface area (Å²) in [7, 11) is 0. The number of likely N-dealkylation sites (tertiary alicyclic amines) is 2. The quantitative estimate of drug-likeness (QED) is 0.357. The van der Waals surface area contributed by atoms with Crippen LogP contribution in [0.4, 0.5) is 0 Å². The Balaban J connectivity index is 1.22. The number of carbonyl (C=O) groups is 2. The zero-order valence-corrected chi connectivity index (χ0v) is 22.9. The molecule has 1 aromatic heterocycles. The number of hydrogen-bond donors (Lipinski definition) is 1. The Morgan fingerprint density at radius 3 is 1.82 bits per heavy atom. The van der Waals surface area contributed by atoms with Gasteiger partial charge in [-0.05, 0) is 75.1 Å². The summed E-state index contributed by atoms with van der Waals surface area (Å²) in [5.41, 5.74) is 9.96. The molecule has 2 saturated heterocycles. The van der Waals surface area contributed by atoms with E-state index in [9.17, 15) is 9.59 Å². The number of primary amides is 1. The second kappa shape index (κ2) is 11.7. The maximum absolute atomic E-state index is 14.2. The lowest BCUT2D eigenvalue weighted by molar-refractivity contribution is 0.0744. The Labute approximate surface area is 235 Å². The van der Waals surface area contributed by atoms with Crippen molar-refractivity contribution < 1.29 is 9.59 Å². The molecule has 0 bridgehead atoms. The summed E-state index contributed by atoms with van der Waals surface area (Å²) >= 11 is 0. The van der Waals surface area contributed by atoms with Crippen molar-refractivity contribution in [3.8, 4) is 0 Å². The molecule has 3 heterocycles. The van der Waals surface area contributed by atoms with E-state index in [2.05, 4.69) is 58.3 Å². The number of fused-ring (bicyclic) bond motifs is 1. The average molecular weight is 536 g/mol. The highest BCUT2D eigenvalue weighted by Gasteiger charge is 2.33. The van der Waals surface area contributed by atoms with Crippen molar-refractivity contribution in [2.24, 2.45) is 11.7 Å². The summed E-state index contributed by atoms with van der Waals surface area (Å²) in [6.07, 6.45) is 3.47. The van der Waals surface area contributed by atoms with E-state index in [0.717, 1.165) is 70.8 Å². The summed E-state index contributed by atoms with van der Waals surface area (Å²) in [4.78, 5) is 36.3. The van der Waals surface area contributed by atoms with Gasteiger partial charge in [-0.2, -0.15) is 0 Å². The maximum atomic E-state index is 14.2. The average Bonchev–Trinajstić information content (AvgIpc) is 3.38. The van der Waals surface area contributed by atoms with Crippen molar-refractivity contribution in [3.05, 3.63) is 101 Å². The summed E-state index contributed by atoms with van der Waals surface area (Å²) in [5.74, 6) is 0.465. The number of benzene rings is 3. The van der Waals surface area contributed by atoms with Crippen LogP contribution in [0.2, 0.25) is 0 Å². The number of nitrogens with zero attached hydrogens (tertiary/aromatic N) is 4. The summed E-state index contributed by atoms with van der Waals surface area (Å²) in [6, 6.07) is 26.5. The number of rotatable bonds is 7. The molecular formula is C33H37N5O2. The summed E-state index contributed by atoms with van der Waals surface area (Å²) in [5, 5.41) is 0. The van der Waals surface area contributed by atoms with E-state index >= 15 is 0 Å². The first-order chi connectivity index (χ1) is 19.6. The van der Waals surface area contributed by atoms with Gasteiger partial charge >= 0.3 is 0 Å². The van der Waals surface area contributed by atoms with Crippen LogP contribution in [0.3, 0.4) is 0 Å². The van der Waals surface area contributed by atoms with Crippen LogP contribution in [-0.2, 0) is 13.1 Å². The third-order valence-electron chi connectivity index (χ3n) is 8.58. The van der Waals surface area contributed by atoms with Crippen molar-refractivity contribution in [1.29, 1.82) is 0 Å². The smallest absolute Gasteiger partial charge is 0.250 e. The third-order valence-corrected chi connectivity index (χ3v) is 8.58. The van der Waals surface area contributed by atoms with Gasteiger partial charge in [-0.3, -0.25) is 24.0 Å². The van der Waals surface area contributed by atoms with Gasteiger partial charge in [0.15, 0.2) is 0 Å².